The van der Waals surface area contributed by atoms with Crippen LogP contribution in [0.2, 0.25) is 0 Å². The molecule has 0 fully saturated rings. The van der Waals surface area contributed by atoms with Gasteiger partial charge in [0.05, 0.1) is 44.3 Å². The molecule has 0 radical (unpaired) electrons. The van der Waals surface area contributed by atoms with E-state index < -0.39 is 252 Å². The topological polar surface area (TPSA) is 57.4 Å². The fourth-order valence-electron chi connectivity index (χ4n) is 7.84. The van der Waals surface area contributed by atoms with Crippen molar-refractivity contribution in [2.75, 3.05) is 0 Å². The largest absolute Gasteiger partial charge is 0.349 e. The molecule has 32 heteroatoms. The molecule has 7 aromatic rings. The lowest BCUT2D eigenvalue weighted by atomic mass is 9.99. The van der Waals surface area contributed by atoms with Crippen LogP contribution >= 0.6 is 0 Å². The second-order valence-corrected chi connectivity index (χ2v) is 15.2. The molecule has 0 amide bonds. The molecule has 8 bridgehead atoms. The van der Waals surface area contributed by atoms with E-state index in [1.807, 2.05) is 0 Å². The first-order chi connectivity index (χ1) is 35.4. The number of hydrogen-bond acceptors (Lipinski definition) is 2. The van der Waals surface area contributed by atoms with Gasteiger partial charge in [0, 0.05) is 22.3 Å². The molecule has 2 aliphatic heterocycles. The lowest BCUT2D eigenvalue weighted by Gasteiger charge is -2.12. The third-order valence-corrected chi connectivity index (χ3v) is 11.2. The van der Waals surface area contributed by atoms with Gasteiger partial charge in [-0.1, -0.05) is 0 Å². The van der Waals surface area contributed by atoms with Crippen molar-refractivity contribution in [3.8, 4) is 44.5 Å². The van der Waals surface area contributed by atoms with Crippen LogP contribution in [0.25, 0.3) is 89.9 Å². The molecule has 394 valence electrons. The first-order valence-electron chi connectivity index (χ1n) is 19.2. The molecule has 76 heavy (non-hydrogen) atoms. The molecule has 0 saturated heterocycles. The molecule has 9 rings (SSSR count). The predicted molar refractivity (Wildman–Crippen MR) is 200 cm³/mol. The van der Waals surface area contributed by atoms with Crippen molar-refractivity contribution < 1.29 is 123 Å². The summed E-state index contributed by atoms with van der Waals surface area (Å²) >= 11 is 0. The summed E-state index contributed by atoms with van der Waals surface area (Å²) in [6, 6.07) is 0. The van der Waals surface area contributed by atoms with Gasteiger partial charge in [-0.05, 0) is 0 Å². The summed E-state index contributed by atoms with van der Waals surface area (Å²) in [6.45, 7) is 0. The Morgan fingerprint density at radius 3 is 0.539 bits per heavy atom. The molecule has 3 aromatic heterocycles. The summed E-state index contributed by atoms with van der Waals surface area (Å²) in [6.07, 6.45) is 0. The Labute approximate surface area is 395 Å². The molecule has 0 atom stereocenters. The Balaban J connectivity index is 1.75. The van der Waals surface area contributed by atoms with Crippen molar-refractivity contribution in [2.24, 2.45) is 0 Å². The highest BCUT2D eigenvalue weighted by atomic mass is 19.2. The molecule has 4 nitrogen and oxygen atoms in total. The van der Waals surface area contributed by atoms with Gasteiger partial charge in [0.15, 0.2) is 140 Å². The van der Waals surface area contributed by atoms with E-state index in [0.717, 1.165) is 9.97 Å². The SMILES string of the molecule is FC1=C(F)c2nc1c(-c1c(F)c(F)c(F)c(F)c1F)c1nc(c(-c3c(F)c(F)c(F)c(F)c3F)c3[nH]c(c(F)c3F)c(-c3c(F)c(F)c(F)c(F)c3F)c3[nH]c(c(F)c3F)c2-c2c(F)c(F)c(F)c(F)c2F)C(F)=C1F. The summed E-state index contributed by atoms with van der Waals surface area (Å²) in [5.74, 6) is -91.5. The van der Waals surface area contributed by atoms with Gasteiger partial charge in [0.1, 0.15) is 22.8 Å². The smallest absolute Gasteiger partial charge is 0.200 e. The highest BCUT2D eigenvalue weighted by Gasteiger charge is 2.42. The number of halogens is 28. The number of nitrogens with zero attached hydrogens (tertiary/aromatic N) is 2. The normalized spacial score (nSPS) is 12.9. The Morgan fingerprint density at radius 1 is 0.158 bits per heavy atom. The zero-order valence-corrected chi connectivity index (χ0v) is 34.5. The minimum absolute atomic E-state index is 1.05. The fraction of sp³-hybridized carbons (Fsp3) is 0. The number of benzene rings is 4. The molecule has 5 heterocycles. The lowest BCUT2D eigenvalue weighted by molar-refractivity contribution is 0.381. The van der Waals surface area contributed by atoms with Crippen LogP contribution in [-0.2, 0) is 0 Å². The maximum Gasteiger partial charge on any atom is 0.200 e. The van der Waals surface area contributed by atoms with Crippen LogP contribution in [0.1, 0.15) is 22.8 Å². The first kappa shape index (κ1) is 52.4. The van der Waals surface area contributed by atoms with Crippen LogP contribution in [-0.4, -0.2) is 19.9 Å². The summed E-state index contributed by atoms with van der Waals surface area (Å²) in [5, 5.41) is 0. The maximum absolute atomic E-state index is 16.6. The van der Waals surface area contributed by atoms with Gasteiger partial charge >= 0.3 is 0 Å². The van der Waals surface area contributed by atoms with E-state index in [9.17, 15) is 52.7 Å². The zero-order valence-electron chi connectivity index (χ0n) is 34.5. The van der Waals surface area contributed by atoms with Crippen molar-refractivity contribution in [3.05, 3.63) is 162 Å². The molecule has 2 N–H and O–H groups in total. The third-order valence-electron chi connectivity index (χ3n) is 11.2. The van der Waals surface area contributed by atoms with Crippen LogP contribution in [0.4, 0.5) is 123 Å². The summed E-state index contributed by atoms with van der Waals surface area (Å²) in [5.41, 5.74) is -44.5. The molecular formula is C44H2F28N4. The minimum Gasteiger partial charge on any atom is -0.349 e. The Kier molecular flexibility index (Phi) is 12.1. The number of rotatable bonds is 4. The summed E-state index contributed by atoms with van der Waals surface area (Å²) in [4.78, 5) is 7.77. The van der Waals surface area contributed by atoms with Crippen LogP contribution in [0.15, 0.2) is 0 Å². The van der Waals surface area contributed by atoms with E-state index in [2.05, 4.69) is 9.97 Å². The quantitative estimate of drug-likeness (QED) is 0.105. The highest BCUT2D eigenvalue weighted by molar-refractivity contribution is 6.05. The Bertz CT molecular complexity index is 3840. The van der Waals surface area contributed by atoms with Gasteiger partial charge in [-0.3, -0.25) is 0 Å². The molecule has 2 aliphatic rings. The second-order valence-electron chi connectivity index (χ2n) is 15.2. The Morgan fingerprint density at radius 2 is 0.316 bits per heavy atom. The third kappa shape index (κ3) is 6.85. The number of fused-ring (bicyclic) bond motifs is 8. The summed E-state index contributed by atoms with van der Waals surface area (Å²) in [7, 11) is 0. The summed E-state index contributed by atoms with van der Waals surface area (Å²) < 4.78 is 437. The monoisotopic (exact) mass is 1120 g/mol. The molecule has 0 unspecified atom stereocenters. The Hall–Kier alpha value is -8.48. The maximum atomic E-state index is 16.6. The van der Waals surface area contributed by atoms with E-state index >= 15 is 70.2 Å². The number of nitrogens with one attached hydrogen (secondary N) is 2. The molecule has 0 aliphatic carbocycles. The molecular weight excluding hydrogens is 1120 g/mol. The van der Waals surface area contributed by atoms with Gasteiger partial charge < -0.3 is 9.97 Å². The first-order valence-corrected chi connectivity index (χ1v) is 19.2. The average molecular weight is 1120 g/mol. The van der Waals surface area contributed by atoms with E-state index in [0.29, 0.717) is 0 Å². The fourth-order valence-corrected chi connectivity index (χ4v) is 7.84. The van der Waals surface area contributed by atoms with Crippen LogP contribution in [0.3, 0.4) is 0 Å². The van der Waals surface area contributed by atoms with E-state index in [1.165, 1.54) is 0 Å². The van der Waals surface area contributed by atoms with Gasteiger partial charge in [-0.15, -0.1) is 0 Å². The second kappa shape index (κ2) is 17.6. The standard InChI is InChI=1S/C44H2F28N4/c45-9-1(10(46)18(54)25(61)17(9)53)5-37-29(65)31(67)39(73-37)6(2-11(47)19(55)26(62)20(56)12(2)48)41-33(69)35(71)43(75-41)8(4-15(51)23(59)28(64)24(60)16(4)52)44-36(72)34(70)42(76-44)7(40-32(68)30(66)38(5)74-40)3-13(49)21(57)27(63)22(58)14(3)50/h73-74H. The van der Waals surface area contributed by atoms with Crippen molar-refractivity contribution in [3.63, 3.8) is 0 Å². The zero-order chi connectivity index (χ0) is 56.2. The molecule has 0 spiro atoms. The van der Waals surface area contributed by atoms with Crippen molar-refractivity contribution in [2.45, 2.75) is 0 Å². The number of H-pyrrole nitrogens is 2. The van der Waals surface area contributed by atoms with Crippen LogP contribution in [0, 0.1) is 140 Å². The molecule has 0 saturated carbocycles. The van der Waals surface area contributed by atoms with Gasteiger partial charge in [-0.25, -0.2) is 133 Å². The predicted octanol–water partition coefficient (Wildman–Crippen LogP) is 15.9. The van der Waals surface area contributed by atoms with Gasteiger partial charge in [0.2, 0.25) is 23.3 Å². The number of hydrogen-bond donors (Lipinski definition) is 2. The van der Waals surface area contributed by atoms with E-state index in [4.69, 9.17) is 0 Å². The van der Waals surface area contributed by atoms with Gasteiger partial charge in [0.25, 0.3) is 0 Å². The van der Waals surface area contributed by atoms with Crippen LogP contribution in [0.5, 0.6) is 0 Å². The average Bonchev–Trinajstić information content (AvgIpc) is 4.06. The van der Waals surface area contributed by atoms with Crippen molar-refractivity contribution in [1.29, 1.82) is 0 Å². The van der Waals surface area contributed by atoms with E-state index in [-0.39, 0.29) is 0 Å². The molecule has 4 aromatic carbocycles. The van der Waals surface area contributed by atoms with E-state index in [1.54, 1.807) is 0 Å². The lowest BCUT2D eigenvalue weighted by Crippen LogP contribution is -2.07. The van der Waals surface area contributed by atoms with Gasteiger partial charge in [-0.2, -0.15) is 0 Å². The van der Waals surface area contributed by atoms with Crippen LogP contribution < -0.4 is 0 Å². The number of aromatic nitrogens is 4. The highest BCUT2D eigenvalue weighted by Crippen LogP contribution is 2.51. The van der Waals surface area contributed by atoms with Crippen molar-refractivity contribution >= 4 is 45.4 Å². The number of aromatic amines is 2. The minimum atomic E-state index is -3.33. The van der Waals surface area contributed by atoms with Crippen molar-refractivity contribution in [1.82, 2.24) is 19.9 Å².